The third-order valence-corrected chi connectivity index (χ3v) is 3.98. The van der Waals surface area contributed by atoms with Gasteiger partial charge < -0.3 is 5.11 Å². The zero-order valence-electron chi connectivity index (χ0n) is 9.60. The fourth-order valence-electron chi connectivity index (χ4n) is 1.64. The summed E-state index contributed by atoms with van der Waals surface area (Å²) in [5.41, 5.74) is 2.19. The Kier molecular flexibility index (Phi) is 3.42. The van der Waals surface area contributed by atoms with Crippen LogP contribution in [-0.4, -0.2) is 5.11 Å². The minimum absolute atomic E-state index is 0.481. The van der Waals surface area contributed by atoms with E-state index in [4.69, 9.17) is 0 Å². The lowest BCUT2D eigenvalue weighted by molar-refractivity contribution is 0.224. The van der Waals surface area contributed by atoms with Crippen molar-refractivity contribution in [3.63, 3.8) is 0 Å². The second-order valence-corrected chi connectivity index (χ2v) is 5.17. The summed E-state index contributed by atoms with van der Waals surface area (Å²) >= 11 is 1.69. The van der Waals surface area contributed by atoms with Gasteiger partial charge in [-0.05, 0) is 31.0 Å². The predicted molar refractivity (Wildman–Crippen MR) is 68.9 cm³/mol. The fraction of sp³-hybridized carbons (Fsp3) is 0.286. The monoisotopic (exact) mass is 232 g/mol. The van der Waals surface area contributed by atoms with Gasteiger partial charge in [0.05, 0.1) is 0 Å². The molecule has 2 rings (SSSR count). The summed E-state index contributed by atoms with van der Waals surface area (Å²) in [6.45, 7) is 4.18. The molecular formula is C14H16OS. The number of hydrogen-bond donors (Lipinski definition) is 1. The SMILES string of the molecule is CCc1ccc(C(O)c2ccc(C)cc2)s1. The van der Waals surface area contributed by atoms with Crippen LogP contribution in [0.25, 0.3) is 0 Å². The van der Waals surface area contributed by atoms with E-state index in [2.05, 4.69) is 19.9 Å². The van der Waals surface area contributed by atoms with Gasteiger partial charge in [0, 0.05) is 9.75 Å². The van der Waals surface area contributed by atoms with Gasteiger partial charge in [0.15, 0.2) is 0 Å². The van der Waals surface area contributed by atoms with Crippen molar-refractivity contribution in [2.45, 2.75) is 26.4 Å². The van der Waals surface area contributed by atoms with Gasteiger partial charge >= 0.3 is 0 Å². The van der Waals surface area contributed by atoms with E-state index in [0.717, 1.165) is 16.9 Å². The van der Waals surface area contributed by atoms with Crippen LogP contribution >= 0.6 is 11.3 Å². The lowest BCUT2D eigenvalue weighted by atomic mass is 10.1. The number of rotatable bonds is 3. The van der Waals surface area contributed by atoms with Crippen molar-refractivity contribution < 1.29 is 5.11 Å². The molecule has 16 heavy (non-hydrogen) atoms. The number of aliphatic hydroxyl groups is 1. The summed E-state index contributed by atoms with van der Waals surface area (Å²) < 4.78 is 0. The first-order chi connectivity index (χ1) is 7.70. The van der Waals surface area contributed by atoms with Crippen molar-refractivity contribution in [1.29, 1.82) is 0 Å². The molecule has 0 aliphatic heterocycles. The average Bonchev–Trinajstić information content (AvgIpc) is 2.77. The van der Waals surface area contributed by atoms with E-state index in [1.807, 2.05) is 30.3 Å². The molecular weight excluding hydrogens is 216 g/mol. The van der Waals surface area contributed by atoms with Gasteiger partial charge in [-0.1, -0.05) is 36.8 Å². The van der Waals surface area contributed by atoms with E-state index in [-0.39, 0.29) is 0 Å². The Balaban J connectivity index is 2.24. The summed E-state index contributed by atoms with van der Waals surface area (Å²) in [6, 6.07) is 12.2. The van der Waals surface area contributed by atoms with E-state index >= 15 is 0 Å². The zero-order valence-corrected chi connectivity index (χ0v) is 10.4. The first-order valence-electron chi connectivity index (χ1n) is 5.54. The Morgan fingerprint density at radius 2 is 1.81 bits per heavy atom. The van der Waals surface area contributed by atoms with E-state index in [1.165, 1.54) is 10.4 Å². The highest BCUT2D eigenvalue weighted by Gasteiger charge is 2.12. The molecule has 0 bridgehead atoms. The molecule has 0 aliphatic carbocycles. The molecule has 1 aromatic heterocycles. The molecule has 0 spiro atoms. The summed E-state index contributed by atoms with van der Waals surface area (Å²) in [4.78, 5) is 2.35. The summed E-state index contributed by atoms with van der Waals surface area (Å²) in [7, 11) is 0. The first kappa shape index (κ1) is 11.4. The van der Waals surface area contributed by atoms with Gasteiger partial charge in [0.25, 0.3) is 0 Å². The van der Waals surface area contributed by atoms with Crippen LogP contribution in [0.15, 0.2) is 36.4 Å². The standard InChI is InChI=1S/C14H16OS/c1-3-12-8-9-13(16-12)14(15)11-6-4-10(2)5-7-11/h4-9,14-15H,3H2,1-2H3. The van der Waals surface area contributed by atoms with Gasteiger partial charge in [0.2, 0.25) is 0 Å². The van der Waals surface area contributed by atoms with Gasteiger partial charge in [0.1, 0.15) is 6.10 Å². The Morgan fingerprint density at radius 1 is 1.12 bits per heavy atom. The van der Waals surface area contributed by atoms with Gasteiger partial charge in [-0.2, -0.15) is 0 Å². The van der Waals surface area contributed by atoms with Crippen LogP contribution in [0.5, 0.6) is 0 Å². The second-order valence-electron chi connectivity index (χ2n) is 3.97. The topological polar surface area (TPSA) is 20.2 Å². The van der Waals surface area contributed by atoms with Crippen LogP contribution in [0, 0.1) is 6.92 Å². The lowest BCUT2D eigenvalue weighted by Crippen LogP contribution is -1.96. The molecule has 1 aromatic carbocycles. The number of hydrogen-bond acceptors (Lipinski definition) is 2. The number of thiophene rings is 1. The zero-order chi connectivity index (χ0) is 11.5. The Bertz CT molecular complexity index is 456. The Hall–Kier alpha value is -1.12. The third-order valence-electron chi connectivity index (χ3n) is 2.69. The highest BCUT2D eigenvalue weighted by atomic mass is 32.1. The van der Waals surface area contributed by atoms with E-state index in [9.17, 15) is 5.11 Å². The van der Waals surface area contributed by atoms with Crippen molar-refractivity contribution in [2.75, 3.05) is 0 Å². The van der Waals surface area contributed by atoms with Crippen molar-refractivity contribution in [1.82, 2.24) is 0 Å². The maximum atomic E-state index is 10.2. The summed E-state index contributed by atoms with van der Waals surface area (Å²) in [6.07, 6.45) is 0.552. The predicted octanol–water partition coefficient (Wildman–Crippen LogP) is 3.70. The van der Waals surface area contributed by atoms with Crippen LogP contribution < -0.4 is 0 Å². The molecule has 2 heteroatoms. The summed E-state index contributed by atoms with van der Waals surface area (Å²) in [5, 5.41) is 10.2. The first-order valence-corrected chi connectivity index (χ1v) is 6.35. The van der Waals surface area contributed by atoms with Crippen molar-refractivity contribution >= 4 is 11.3 Å². The molecule has 1 unspecified atom stereocenters. The molecule has 0 aliphatic rings. The summed E-state index contributed by atoms with van der Waals surface area (Å²) in [5.74, 6) is 0. The quantitative estimate of drug-likeness (QED) is 0.855. The largest absolute Gasteiger partial charge is 0.383 e. The molecule has 1 N–H and O–H groups in total. The maximum Gasteiger partial charge on any atom is 0.113 e. The smallest absolute Gasteiger partial charge is 0.113 e. The average molecular weight is 232 g/mol. The minimum atomic E-state index is -0.481. The van der Waals surface area contributed by atoms with Crippen LogP contribution in [0.2, 0.25) is 0 Å². The van der Waals surface area contributed by atoms with E-state index in [0.29, 0.717) is 0 Å². The fourth-order valence-corrected chi connectivity index (χ4v) is 2.61. The van der Waals surface area contributed by atoms with Gasteiger partial charge in [-0.15, -0.1) is 11.3 Å². The van der Waals surface area contributed by atoms with Crippen LogP contribution in [0.4, 0.5) is 0 Å². The van der Waals surface area contributed by atoms with Crippen LogP contribution in [-0.2, 0) is 6.42 Å². The molecule has 84 valence electrons. The number of aryl methyl sites for hydroxylation is 2. The molecule has 1 nitrogen and oxygen atoms in total. The van der Waals surface area contributed by atoms with Crippen molar-refractivity contribution in [3.8, 4) is 0 Å². The van der Waals surface area contributed by atoms with Crippen molar-refractivity contribution in [2.24, 2.45) is 0 Å². The van der Waals surface area contributed by atoms with E-state index in [1.54, 1.807) is 11.3 Å². The molecule has 0 saturated heterocycles. The minimum Gasteiger partial charge on any atom is -0.383 e. The molecule has 0 saturated carbocycles. The van der Waals surface area contributed by atoms with E-state index < -0.39 is 6.10 Å². The third kappa shape index (κ3) is 2.34. The van der Waals surface area contributed by atoms with Crippen LogP contribution in [0.3, 0.4) is 0 Å². The molecule has 2 aromatic rings. The maximum absolute atomic E-state index is 10.2. The normalized spacial score (nSPS) is 12.7. The number of aliphatic hydroxyl groups excluding tert-OH is 1. The molecule has 1 heterocycles. The molecule has 0 fully saturated rings. The number of benzene rings is 1. The highest BCUT2D eigenvalue weighted by molar-refractivity contribution is 7.12. The Morgan fingerprint density at radius 3 is 2.38 bits per heavy atom. The Labute approximate surface area is 100 Å². The van der Waals surface area contributed by atoms with Crippen molar-refractivity contribution in [3.05, 3.63) is 57.3 Å². The van der Waals surface area contributed by atoms with Gasteiger partial charge in [-0.25, -0.2) is 0 Å². The molecule has 0 radical (unpaired) electrons. The van der Waals surface area contributed by atoms with Gasteiger partial charge in [-0.3, -0.25) is 0 Å². The lowest BCUT2D eigenvalue weighted by Gasteiger charge is -2.08. The second kappa shape index (κ2) is 4.81. The van der Waals surface area contributed by atoms with Crippen LogP contribution in [0.1, 0.15) is 33.9 Å². The molecule has 0 amide bonds. The molecule has 1 atom stereocenters. The highest BCUT2D eigenvalue weighted by Crippen LogP contribution is 2.28.